The lowest BCUT2D eigenvalue weighted by Gasteiger charge is -2.08. The average molecular weight is 317 g/mol. The monoisotopic (exact) mass is 317 g/mol. The molecule has 0 aromatic heterocycles. The van der Waals surface area contributed by atoms with Gasteiger partial charge in [0.1, 0.15) is 5.75 Å². The number of hydrogen-bond acceptors (Lipinski definition) is 4. The summed E-state index contributed by atoms with van der Waals surface area (Å²) in [6, 6.07) is 18.3. The fourth-order valence-corrected chi connectivity index (χ4v) is 2.72. The minimum absolute atomic E-state index is 0.276. The van der Waals surface area contributed by atoms with E-state index in [1.807, 2.05) is 36.4 Å². The van der Waals surface area contributed by atoms with E-state index in [1.54, 1.807) is 11.8 Å². The summed E-state index contributed by atoms with van der Waals surface area (Å²) < 4.78 is 10.3. The van der Waals surface area contributed by atoms with Crippen molar-refractivity contribution in [2.45, 2.75) is 17.1 Å². The van der Waals surface area contributed by atoms with Crippen LogP contribution in [0.5, 0.6) is 5.75 Å². The van der Waals surface area contributed by atoms with Crippen LogP contribution >= 0.6 is 11.8 Å². The van der Waals surface area contributed by atoms with Gasteiger partial charge in [-0.1, -0.05) is 36.4 Å². The number of nitrogens with two attached hydrogens (primary N) is 1. The van der Waals surface area contributed by atoms with E-state index in [0.717, 1.165) is 16.4 Å². The Hall–Kier alpha value is -2.14. The zero-order valence-electron chi connectivity index (χ0n) is 12.2. The summed E-state index contributed by atoms with van der Waals surface area (Å²) in [5, 5.41) is 0. The van der Waals surface area contributed by atoms with Gasteiger partial charge in [-0.05, 0) is 23.8 Å². The Morgan fingerprint density at radius 3 is 2.64 bits per heavy atom. The molecule has 0 aliphatic rings. The SMILES string of the molecule is NC(=O)OCCCOc1cccc(SCc2ccccc2)c1. The molecule has 116 valence electrons. The molecule has 0 bridgehead atoms. The lowest BCUT2D eigenvalue weighted by Crippen LogP contribution is -2.15. The summed E-state index contributed by atoms with van der Waals surface area (Å²) in [6.07, 6.45) is -0.135. The second-order valence-corrected chi connectivity index (χ2v) is 5.67. The summed E-state index contributed by atoms with van der Waals surface area (Å²) >= 11 is 1.77. The Kier molecular flexibility index (Phi) is 6.64. The average Bonchev–Trinajstić information content (AvgIpc) is 2.54. The van der Waals surface area contributed by atoms with Crippen LogP contribution in [0.2, 0.25) is 0 Å². The van der Waals surface area contributed by atoms with Gasteiger partial charge in [-0.15, -0.1) is 11.8 Å². The van der Waals surface area contributed by atoms with Crippen molar-refractivity contribution in [1.29, 1.82) is 0 Å². The summed E-state index contributed by atoms with van der Waals surface area (Å²) in [4.78, 5) is 11.6. The third kappa shape index (κ3) is 6.10. The maximum absolute atomic E-state index is 10.4. The van der Waals surface area contributed by atoms with Crippen molar-refractivity contribution in [1.82, 2.24) is 0 Å². The summed E-state index contributed by atoms with van der Waals surface area (Å²) in [6.45, 7) is 0.762. The van der Waals surface area contributed by atoms with Gasteiger partial charge in [0, 0.05) is 17.1 Å². The molecule has 2 N–H and O–H groups in total. The molecule has 0 aliphatic carbocycles. The van der Waals surface area contributed by atoms with Crippen molar-refractivity contribution in [2.75, 3.05) is 13.2 Å². The van der Waals surface area contributed by atoms with E-state index in [9.17, 15) is 4.79 Å². The third-order valence-corrected chi connectivity index (χ3v) is 3.92. The number of benzene rings is 2. The Morgan fingerprint density at radius 1 is 1.05 bits per heavy atom. The van der Waals surface area contributed by atoms with Crippen LogP contribution < -0.4 is 10.5 Å². The highest BCUT2D eigenvalue weighted by molar-refractivity contribution is 7.98. The van der Waals surface area contributed by atoms with Gasteiger partial charge in [-0.25, -0.2) is 4.79 Å². The maximum atomic E-state index is 10.4. The van der Waals surface area contributed by atoms with E-state index in [-0.39, 0.29) is 6.61 Å². The lowest BCUT2D eigenvalue weighted by atomic mass is 10.2. The fourth-order valence-electron chi connectivity index (χ4n) is 1.82. The number of ether oxygens (including phenoxy) is 2. The quantitative estimate of drug-likeness (QED) is 0.593. The van der Waals surface area contributed by atoms with Gasteiger partial charge in [-0.2, -0.15) is 0 Å². The van der Waals surface area contributed by atoms with Crippen LogP contribution in [0.1, 0.15) is 12.0 Å². The number of thioether (sulfide) groups is 1. The minimum Gasteiger partial charge on any atom is -0.493 e. The molecule has 2 aromatic carbocycles. The van der Waals surface area contributed by atoms with E-state index in [4.69, 9.17) is 10.5 Å². The Labute approximate surface area is 134 Å². The first-order valence-corrected chi connectivity index (χ1v) is 8.04. The summed E-state index contributed by atoms with van der Waals surface area (Å²) in [7, 11) is 0. The molecule has 2 rings (SSSR count). The number of carbonyl (C=O) groups excluding carboxylic acids is 1. The van der Waals surface area contributed by atoms with E-state index < -0.39 is 6.09 Å². The molecule has 0 saturated heterocycles. The van der Waals surface area contributed by atoms with Gasteiger partial charge in [0.05, 0.1) is 13.2 Å². The number of hydrogen-bond donors (Lipinski definition) is 1. The first-order valence-electron chi connectivity index (χ1n) is 7.06. The molecule has 22 heavy (non-hydrogen) atoms. The number of amides is 1. The molecule has 5 heteroatoms. The van der Waals surface area contributed by atoms with Crippen LogP contribution in [-0.2, 0) is 10.5 Å². The first kappa shape index (κ1) is 16.2. The van der Waals surface area contributed by atoms with Crippen molar-refractivity contribution >= 4 is 17.9 Å². The van der Waals surface area contributed by atoms with Crippen molar-refractivity contribution in [3.8, 4) is 5.75 Å². The molecule has 0 saturated carbocycles. The third-order valence-electron chi connectivity index (χ3n) is 2.86. The molecule has 0 radical (unpaired) electrons. The minimum atomic E-state index is -0.751. The standard InChI is InChI=1S/C17H19NO3S/c18-17(19)21-11-5-10-20-15-8-4-9-16(12-15)22-13-14-6-2-1-3-7-14/h1-4,6-9,12H,5,10-11,13H2,(H2,18,19). The highest BCUT2D eigenvalue weighted by atomic mass is 32.2. The van der Waals surface area contributed by atoms with E-state index in [2.05, 4.69) is 22.9 Å². The highest BCUT2D eigenvalue weighted by Crippen LogP contribution is 2.26. The van der Waals surface area contributed by atoms with Crippen molar-refractivity contribution in [2.24, 2.45) is 5.73 Å². The summed E-state index contributed by atoms with van der Waals surface area (Å²) in [5.74, 6) is 1.74. The van der Waals surface area contributed by atoms with Crippen LogP contribution in [0.15, 0.2) is 59.5 Å². The predicted octanol–water partition coefficient (Wildman–Crippen LogP) is 3.84. The Balaban J connectivity index is 1.76. The second-order valence-electron chi connectivity index (χ2n) is 4.62. The van der Waals surface area contributed by atoms with Gasteiger partial charge in [0.25, 0.3) is 0 Å². The molecule has 0 spiro atoms. The second kappa shape index (κ2) is 9.00. The van der Waals surface area contributed by atoms with Crippen LogP contribution in [0.4, 0.5) is 4.79 Å². The van der Waals surface area contributed by atoms with Crippen LogP contribution in [0, 0.1) is 0 Å². The highest BCUT2D eigenvalue weighted by Gasteiger charge is 2.00. The van der Waals surface area contributed by atoms with Crippen molar-refractivity contribution in [3.05, 3.63) is 60.2 Å². The van der Waals surface area contributed by atoms with Gasteiger partial charge >= 0.3 is 6.09 Å². The van der Waals surface area contributed by atoms with Crippen LogP contribution in [0.3, 0.4) is 0 Å². The number of carbonyl (C=O) groups is 1. The molecule has 0 aliphatic heterocycles. The van der Waals surface area contributed by atoms with Crippen molar-refractivity contribution in [3.63, 3.8) is 0 Å². The lowest BCUT2D eigenvalue weighted by molar-refractivity contribution is 0.147. The molecule has 1 amide bonds. The van der Waals surface area contributed by atoms with Crippen LogP contribution in [0.25, 0.3) is 0 Å². The van der Waals surface area contributed by atoms with E-state index >= 15 is 0 Å². The number of primary amides is 1. The summed E-state index contributed by atoms with van der Waals surface area (Å²) in [5.41, 5.74) is 6.18. The molecule has 0 unspecified atom stereocenters. The number of rotatable bonds is 8. The zero-order valence-corrected chi connectivity index (χ0v) is 13.1. The Morgan fingerprint density at radius 2 is 1.86 bits per heavy atom. The molecule has 2 aromatic rings. The van der Waals surface area contributed by atoms with Crippen molar-refractivity contribution < 1.29 is 14.3 Å². The molecule has 0 atom stereocenters. The predicted molar refractivity (Wildman–Crippen MR) is 88.1 cm³/mol. The molecule has 0 heterocycles. The van der Waals surface area contributed by atoms with Gasteiger partial charge in [0.15, 0.2) is 0 Å². The zero-order chi connectivity index (χ0) is 15.6. The van der Waals surface area contributed by atoms with Gasteiger partial charge < -0.3 is 15.2 Å². The maximum Gasteiger partial charge on any atom is 0.404 e. The normalized spacial score (nSPS) is 10.2. The van der Waals surface area contributed by atoms with Gasteiger partial charge in [-0.3, -0.25) is 0 Å². The Bertz CT molecular complexity index is 589. The van der Waals surface area contributed by atoms with E-state index in [0.29, 0.717) is 13.0 Å². The molecule has 4 nitrogen and oxygen atoms in total. The fraction of sp³-hybridized carbons (Fsp3) is 0.235. The molecule has 0 fully saturated rings. The van der Waals surface area contributed by atoms with Gasteiger partial charge in [0.2, 0.25) is 0 Å². The molecular weight excluding hydrogens is 298 g/mol. The smallest absolute Gasteiger partial charge is 0.404 e. The largest absolute Gasteiger partial charge is 0.493 e. The van der Waals surface area contributed by atoms with Crippen LogP contribution in [-0.4, -0.2) is 19.3 Å². The molecular formula is C17H19NO3S. The first-order chi connectivity index (χ1) is 10.7. The van der Waals surface area contributed by atoms with E-state index in [1.165, 1.54) is 5.56 Å². The topological polar surface area (TPSA) is 61.6 Å².